The summed E-state index contributed by atoms with van der Waals surface area (Å²) in [6, 6.07) is 14.3. The lowest BCUT2D eigenvalue weighted by Crippen LogP contribution is -1.94. The van der Waals surface area contributed by atoms with Crippen LogP contribution in [0.4, 0.5) is 0 Å². The van der Waals surface area contributed by atoms with E-state index in [4.69, 9.17) is 0 Å². The molecule has 0 saturated heterocycles. The minimum atomic E-state index is 0.730. The highest BCUT2D eigenvalue weighted by molar-refractivity contribution is 5.80. The lowest BCUT2D eigenvalue weighted by molar-refractivity contribution is 1.01. The highest BCUT2D eigenvalue weighted by Crippen LogP contribution is 2.14. The van der Waals surface area contributed by atoms with Gasteiger partial charge in [-0.15, -0.1) is 0 Å². The predicted molar refractivity (Wildman–Crippen MR) is 93.1 cm³/mol. The highest BCUT2D eigenvalue weighted by Gasteiger charge is 2.03. The first-order valence-corrected chi connectivity index (χ1v) is 7.56. The number of benzene rings is 1. The van der Waals surface area contributed by atoms with Crippen molar-refractivity contribution in [2.45, 2.75) is 13.8 Å². The maximum absolute atomic E-state index is 4.64. The summed E-state index contributed by atoms with van der Waals surface area (Å²) < 4.78 is 2.00. The molecule has 4 aromatic rings. The summed E-state index contributed by atoms with van der Waals surface area (Å²) >= 11 is 0. The summed E-state index contributed by atoms with van der Waals surface area (Å²) in [7, 11) is 0. The van der Waals surface area contributed by atoms with Crippen LogP contribution in [0.1, 0.15) is 22.8 Å². The zero-order valence-corrected chi connectivity index (χ0v) is 13.1. The molecule has 4 nitrogen and oxygen atoms in total. The van der Waals surface area contributed by atoms with Crippen LogP contribution in [0.25, 0.3) is 28.8 Å². The Bertz CT molecular complexity index is 1040. The monoisotopic (exact) mass is 300 g/mol. The van der Waals surface area contributed by atoms with Gasteiger partial charge in [0.05, 0.1) is 16.9 Å². The van der Waals surface area contributed by atoms with E-state index in [-0.39, 0.29) is 0 Å². The van der Waals surface area contributed by atoms with Crippen LogP contribution in [0.15, 0.2) is 48.7 Å². The maximum atomic E-state index is 4.64. The van der Waals surface area contributed by atoms with Gasteiger partial charge in [0, 0.05) is 23.0 Å². The van der Waals surface area contributed by atoms with Crippen LogP contribution in [-0.2, 0) is 0 Å². The first-order chi connectivity index (χ1) is 11.2. The minimum absolute atomic E-state index is 0.730. The highest BCUT2D eigenvalue weighted by atomic mass is 15.1. The van der Waals surface area contributed by atoms with Crippen LogP contribution in [0.3, 0.4) is 0 Å². The zero-order chi connectivity index (χ0) is 15.8. The summed E-state index contributed by atoms with van der Waals surface area (Å²) in [6.07, 6.45) is 5.95. The third-order valence-corrected chi connectivity index (χ3v) is 3.82. The van der Waals surface area contributed by atoms with Crippen molar-refractivity contribution in [2.24, 2.45) is 0 Å². The van der Waals surface area contributed by atoms with Crippen molar-refractivity contribution in [3.63, 3.8) is 0 Å². The number of rotatable bonds is 2. The van der Waals surface area contributed by atoms with E-state index in [1.165, 1.54) is 0 Å². The van der Waals surface area contributed by atoms with Crippen molar-refractivity contribution in [3.05, 3.63) is 71.4 Å². The van der Waals surface area contributed by atoms with Gasteiger partial charge in [-0.05, 0) is 44.2 Å². The van der Waals surface area contributed by atoms with E-state index in [1.54, 1.807) is 0 Å². The van der Waals surface area contributed by atoms with E-state index in [9.17, 15) is 0 Å². The van der Waals surface area contributed by atoms with Crippen LogP contribution in [0.5, 0.6) is 0 Å². The topological polar surface area (TPSA) is 43.1 Å². The molecule has 0 atom stereocenters. The number of aryl methyl sites for hydroxylation is 2. The Hall–Kier alpha value is -3.01. The van der Waals surface area contributed by atoms with Crippen LogP contribution >= 0.6 is 0 Å². The van der Waals surface area contributed by atoms with Crippen LogP contribution in [0.2, 0.25) is 0 Å². The molecule has 0 fully saturated rings. The third kappa shape index (κ3) is 2.59. The van der Waals surface area contributed by atoms with Crippen molar-refractivity contribution < 1.29 is 0 Å². The molecule has 1 aromatic carbocycles. The second kappa shape index (κ2) is 5.32. The average molecular weight is 300 g/mol. The predicted octanol–water partition coefficient (Wildman–Crippen LogP) is 4.06. The summed E-state index contributed by atoms with van der Waals surface area (Å²) in [5, 5.41) is 1.15. The smallest absolute Gasteiger partial charge is 0.234 e. The molecule has 0 aliphatic heterocycles. The van der Waals surface area contributed by atoms with E-state index < -0.39 is 0 Å². The first kappa shape index (κ1) is 13.6. The Labute approximate surface area is 134 Å². The number of hydrogen-bond donors (Lipinski definition) is 0. The van der Waals surface area contributed by atoms with Crippen LogP contribution in [0, 0.1) is 13.8 Å². The van der Waals surface area contributed by atoms with Crippen molar-refractivity contribution in [2.75, 3.05) is 0 Å². The molecule has 0 saturated carbocycles. The number of fused-ring (bicyclic) bond motifs is 2. The van der Waals surface area contributed by atoms with Gasteiger partial charge in [-0.2, -0.15) is 0 Å². The Kier molecular flexibility index (Phi) is 3.15. The number of hydrogen-bond acceptors (Lipinski definition) is 3. The van der Waals surface area contributed by atoms with E-state index in [2.05, 4.69) is 34.0 Å². The first-order valence-electron chi connectivity index (χ1n) is 7.56. The fourth-order valence-corrected chi connectivity index (χ4v) is 2.71. The van der Waals surface area contributed by atoms with Crippen molar-refractivity contribution >= 4 is 28.8 Å². The van der Waals surface area contributed by atoms with E-state index in [0.29, 0.717) is 0 Å². The molecular formula is C19H16N4. The molecule has 4 heteroatoms. The van der Waals surface area contributed by atoms with Gasteiger partial charge >= 0.3 is 0 Å². The lowest BCUT2D eigenvalue weighted by Gasteiger charge is -1.98. The molecule has 23 heavy (non-hydrogen) atoms. The normalized spacial score (nSPS) is 11.7. The molecule has 0 bridgehead atoms. The molecule has 4 rings (SSSR count). The van der Waals surface area contributed by atoms with Crippen molar-refractivity contribution in [3.8, 4) is 0 Å². The number of aromatic nitrogens is 4. The second-order valence-corrected chi connectivity index (χ2v) is 5.64. The van der Waals surface area contributed by atoms with Gasteiger partial charge < -0.3 is 0 Å². The Morgan fingerprint density at radius 1 is 0.870 bits per heavy atom. The van der Waals surface area contributed by atoms with E-state index >= 15 is 0 Å². The SMILES string of the molecule is Cc1cc(C)n2cc(/C=C\c3ccc4ccccc4n3)nc2n1. The van der Waals surface area contributed by atoms with Gasteiger partial charge in [0.1, 0.15) is 0 Å². The molecule has 112 valence electrons. The third-order valence-electron chi connectivity index (χ3n) is 3.82. The summed E-state index contributed by atoms with van der Waals surface area (Å²) in [5.74, 6) is 0.730. The second-order valence-electron chi connectivity index (χ2n) is 5.64. The van der Waals surface area contributed by atoms with Crippen molar-refractivity contribution in [1.82, 2.24) is 19.4 Å². The van der Waals surface area contributed by atoms with Gasteiger partial charge in [-0.1, -0.05) is 24.3 Å². The maximum Gasteiger partial charge on any atom is 0.234 e. The lowest BCUT2D eigenvalue weighted by atomic mass is 10.2. The van der Waals surface area contributed by atoms with Gasteiger partial charge in [0.2, 0.25) is 5.78 Å². The number of pyridine rings is 1. The van der Waals surface area contributed by atoms with Gasteiger partial charge in [0.25, 0.3) is 0 Å². The summed E-state index contributed by atoms with van der Waals surface area (Å²) in [4.78, 5) is 13.6. The molecule has 3 aromatic heterocycles. The molecule has 0 radical (unpaired) electrons. The molecule has 0 aliphatic carbocycles. The molecule has 0 spiro atoms. The minimum Gasteiger partial charge on any atom is -0.288 e. The van der Waals surface area contributed by atoms with Gasteiger partial charge in [-0.25, -0.2) is 15.0 Å². The molecule has 0 amide bonds. The molecule has 0 unspecified atom stereocenters. The quantitative estimate of drug-likeness (QED) is 0.560. The molecular weight excluding hydrogens is 284 g/mol. The summed E-state index contributed by atoms with van der Waals surface area (Å²) in [5.41, 5.74) is 4.90. The molecule has 3 heterocycles. The largest absolute Gasteiger partial charge is 0.288 e. The Morgan fingerprint density at radius 3 is 2.61 bits per heavy atom. The van der Waals surface area contributed by atoms with Crippen LogP contribution < -0.4 is 0 Å². The fourth-order valence-electron chi connectivity index (χ4n) is 2.71. The van der Waals surface area contributed by atoms with E-state index in [0.717, 1.165) is 39.5 Å². The number of nitrogens with zero attached hydrogens (tertiary/aromatic N) is 4. The van der Waals surface area contributed by atoms with Gasteiger partial charge in [-0.3, -0.25) is 4.40 Å². The molecule has 0 aliphatic rings. The van der Waals surface area contributed by atoms with Gasteiger partial charge in [0.15, 0.2) is 0 Å². The summed E-state index contributed by atoms with van der Waals surface area (Å²) in [6.45, 7) is 4.04. The van der Waals surface area contributed by atoms with Crippen LogP contribution in [-0.4, -0.2) is 19.4 Å². The zero-order valence-electron chi connectivity index (χ0n) is 13.1. The Balaban J connectivity index is 1.70. The fraction of sp³-hybridized carbons (Fsp3) is 0.105. The average Bonchev–Trinajstić information content (AvgIpc) is 2.96. The number of imidazole rings is 1. The number of para-hydroxylation sites is 1. The van der Waals surface area contributed by atoms with Crippen molar-refractivity contribution in [1.29, 1.82) is 0 Å². The van der Waals surface area contributed by atoms with E-state index in [1.807, 2.05) is 60.0 Å². The molecule has 0 N–H and O–H groups in total. The standard InChI is InChI=1S/C19H16N4/c1-13-11-14(2)23-12-17(22-19(23)20-13)10-9-16-8-7-15-5-3-4-6-18(15)21-16/h3-12H,1-2H3/b10-9-. The Morgan fingerprint density at radius 2 is 1.70 bits per heavy atom.